The molecule has 0 radical (unpaired) electrons. The number of hydrogen-bond donors (Lipinski definition) is 1. The van der Waals surface area contributed by atoms with Gasteiger partial charge in [0.2, 0.25) is 0 Å². The largest absolute Gasteiger partial charge is 0.468 e. The van der Waals surface area contributed by atoms with E-state index in [4.69, 9.17) is 4.74 Å². The van der Waals surface area contributed by atoms with Crippen molar-refractivity contribution in [2.75, 3.05) is 7.11 Å². The molecule has 0 fully saturated rings. The van der Waals surface area contributed by atoms with E-state index in [0.717, 1.165) is 19.4 Å². The lowest BCUT2D eigenvalue weighted by Crippen LogP contribution is -2.42. The predicted octanol–water partition coefficient (Wildman–Crippen LogP) is 2.82. The van der Waals surface area contributed by atoms with Crippen LogP contribution in [-0.4, -0.2) is 19.1 Å². The Bertz CT molecular complexity index is 320. The van der Waals surface area contributed by atoms with Gasteiger partial charge in [-0.05, 0) is 17.4 Å². The number of carbonyl (C=O) groups excluding carboxylic acids is 1. The minimum Gasteiger partial charge on any atom is -0.468 e. The van der Waals surface area contributed by atoms with Crippen molar-refractivity contribution < 1.29 is 9.53 Å². The van der Waals surface area contributed by atoms with E-state index < -0.39 is 0 Å². The highest BCUT2D eigenvalue weighted by molar-refractivity contribution is 7.09. The SMILES string of the molecule is CCC(CC)C(NCc1cccs1)C(=O)OC. The Morgan fingerprint density at radius 1 is 1.47 bits per heavy atom. The van der Waals surface area contributed by atoms with Gasteiger partial charge in [0.05, 0.1) is 7.11 Å². The Morgan fingerprint density at radius 3 is 2.65 bits per heavy atom. The number of esters is 1. The van der Waals surface area contributed by atoms with Gasteiger partial charge in [0.15, 0.2) is 0 Å². The van der Waals surface area contributed by atoms with Crippen LogP contribution in [0, 0.1) is 5.92 Å². The molecular weight excluding hydrogens is 234 g/mol. The zero-order valence-corrected chi connectivity index (χ0v) is 11.5. The van der Waals surface area contributed by atoms with Crippen molar-refractivity contribution in [2.45, 2.75) is 39.3 Å². The van der Waals surface area contributed by atoms with Crippen molar-refractivity contribution in [3.05, 3.63) is 22.4 Å². The minimum atomic E-state index is -0.197. The van der Waals surface area contributed by atoms with Gasteiger partial charge in [-0.15, -0.1) is 11.3 Å². The van der Waals surface area contributed by atoms with Crippen LogP contribution in [0.1, 0.15) is 31.6 Å². The lowest BCUT2D eigenvalue weighted by Gasteiger charge is -2.23. The van der Waals surface area contributed by atoms with Crippen molar-refractivity contribution in [1.82, 2.24) is 5.32 Å². The molecule has 1 aromatic rings. The van der Waals surface area contributed by atoms with Gasteiger partial charge in [-0.2, -0.15) is 0 Å². The van der Waals surface area contributed by atoms with E-state index in [9.17, 15) is 4.79 Å². The average Bonchev–Trinajstić information content (AvgIpc) is 2.86. The standard InChI is InChI=1S/C13H21NO2S/c1-4-10(5-2)12(13(15)16-3)14-9-11-7-6-8-17-11/h6-8,10,12,14H,4-5,9H2,1-3H3. The monoisotopic (exact) mass is 255 g/mol. The molecule has 0 saturated carbocycles. The minimum absolute atomic E-state index is 0.157. The van der Waals surface area contributed by atoms with Crippen molar-refractivity contribution >= 4 is 17.3 Å². The Kier molecular flexibility index (Phi) is 6.22. The molecule has 0 amide bonds. The predicted molar refractivity (Wildman–Crippen MR) is 71.0 cm³/mol. The maximum atomic E-state index is 11.7. The number of rotatable bonds is 7. The van der Waals surface area contributed by atoms with Crippen molar-refractivity contribution in [1.29, 1.82) is 0 Å². The van der Waals surface area contributed by atoms with E-state index in [2.05, 4.69) is 25.2 Å². The number of ether oxygens (including phenoxy) is 1. The molecule has 3 nitrogen and oxygen atoms in total. The molecule has 4 heteroatoms. The lowest BCUT2D eigenvalue weighted by molar-refractivity contribution is -0.144. The Morgan fingerprint density at radius 2 is 2.18 bits per heavy atom. The molecule has 96 valence electrons. The van der Waals surface area contributed by atoms with Crippen LogP contribution >= 0.6 is 11.3 Å². The summed E-state index contributed by atoms with van der Waals surface area (Å²) in [5.74, 6) is 0.178. The zero-order chi connectivity index (χ0) is 12.7. The third-order valence-electron chi connectivity index (χ3n) is 3.05. The van der Waals surface area contributed by atoms with Crippen LogP contribution in [0.2, 0.25) is 0 Å². The van der Waals surface area contributed by atoms with Gasteiger partial charge in [0.25, 0.3) is 0 Å². The maximum absolute atomic E-state index is 11.7. The van der Waals surface area contributed by atoms with E-state index in [0.29, 0.717) is 5.92 Å². The highest BCUT2D eigenvalue weighted by atomic mass is 32.1. The lowest BCUT2D eigenvalue weighted by atomic mass is 9.94. The zero-order valence-electron chi connectivity index (χ0n) is 10.7. The molecule has 0 aliphatic heterocycles. The molecule has 0 aliphatic rings. The molecule has 0 bridgehead atoms. The molecule has 0 saturated heterocycles. The van der Waals surface area contributed by atoms with Crippen LogP contribution in [0.25, 0.3) is 0 Å². The van der Waals surface area contributed by atoms with Gasteiger partial charge in [-0.1, -0.05) is 32.8 Å². The molecular formula is C13H21NO2S. The van der Waals surface area contributed by atoms with E-state index >= 15 is 0 Å². The highest BCUT2D eigenvalue weighted by Crippen LogP contribution is 2.16. The summed E-state index contributed by atoms with van der Waals surface area (Å²) < 4.78 is 4.87. The summed E-state index contributed by atoms with van der Waals surface area (Å²) >= 11 is 1.70. The number of methoxy groups -OCH3 is 1. The second-order valence-electron chi connectivity index (χ2n) is 4.04. The molecule has 0 spiro atoms. The first-order valence-electron chi connectivity index (χ1n) is 6.06. The molecule has 1 atom stereocenters. The molecule has 1 heterocycles. The van der Waals surface area contributed by atoms with Crippen LogP contribution in [-0.2, 0) is 16.1 Å². The fourth-order valence-electron chi connectivity index (χ4n) is 1.95. The van der Waals surface area contributed by atoms with Gasteiger partial charge >= 0.3 is 5.97 Å². The summed E-state index contributed by atoms with van der Waals surface area (Å²) in [5.41, 5.74) is 0. The van der Waals surface area contributed by atoms with Crippen molar-refractivity contribution in [3.63, 3.8) is 0 Å². The fourth-order valence-corrected chi connectivity index (χ4v) is 2.61. The van der Waals surface area contributed by atoms with E-state index in [1.54, 1.807) is 11.3 Å². The molecule has 1 aromatic heterocycles. The Balaban J connectivity index is 2.60. The second-order valence-corrected chi connectivity index (χ2v) is 5.07. The van der Waals surface area contributed by atoms with E-state index in [1.807, 2.05) is 11.4 Å². The summed E-state index contributed by atoms with van der Waals surface area (Å²) in [6.45, 7) is 4.95. The van der Waals surface area contributed by atoms with Crippen LogP contribution < -0.4 is 5.32 Å². The van der Waals surface area contributed by atoms with Crippen LogP contribution in [0.5, 0.6) is 0 Å². The van der Waals surface area contributed by atoms with Crippen molar-refractivity contribution in [3.8, 4) is 0 Å². The maximum Gasteiger partial charge on any atom is 0.323 e. The average molecular weight is 255 g/mol. The first-order chi connectivity index (χ1) is 8.22. The molecule has 17 heavy (non-hydrogen) atoms. The molecule has 0 aromatic carbocycles. The number of nitrogens with one attached hydrogen (secondary N) is 1. The summed E-state index contributed by atoms with van der Waals surface area (Å²) in [6.07, 6.45) is 1.96. The first-order valence-corrected chi connectivity index (χ1v) is 6.94. The topological polar surface area (TPSA) is 38.3 Å². The summed E-state index contributed by atoms with van der Waals surface area (Å²) in [7, 11) is 1.45. The van der Waals surface area contributed by atoms with Gasteiger partial charge in [-0.3, -0.25) is 10.1 Å². The molecule has 0 aliphatic carbocycles. The van der Waals surface area contributed by atoms with E-state index in [-0.39, 0.29) is 12.0 Å². The summed E-state index contributed by atoms with van der Waals surface area (Å²) in [5, 5.41) is 5.35. The molecule has 1 rings (SSSR count). The quantitative estimate of drug-likeness (QED) is 0.761. The van der Waals surface area contributed by atoms with Crippen molar-refractivity contribution in [2.24, 2.45) is 5.92 Å². The third kappa shape index (κ3) is 4.13. The van der Waals surface area contributed by atoms with Gasteiger partial charge in [0, 0.05) is 11.4 Å². The third-order valence-corrected chi connectivity index (χ3v) is 3.93. The van der Waals surface area contributed by atoms with Gasteiger partial charge in [-0.25, -0.2) is 0 Å². The Hall–Kier alpha value is -0.870. The highest BCUT2D eigenvalue weighted by Gasteiger charge is 2.26. The summed E-state index contributed by atoms with van der Waals surface area (Å²) in [6, 6.07) is 3.89. The van der Waals surface area contributed by atoms with Crippen LogP contribution in [0.4, 0.5) is 0 Å². The number of carbonyl (C=O) groups is 1. The van der Waals surface area contributed by atoms with Crippen LogP contribution in [0.15, 0.2) is 17.5 Å². The normalized spacial score (nSPS) is 12.7. The van der Waals surface area contributed by atoms with E-state index in [1.165, 1.54) is 12.0 Å². The fraction of sp³-hybridized carbons (Fsp3) is 0.615. The van der Waals surface area contributed by atoms with Gasteiger partial charge in [0.1, 0.15) is 6.04 Å². The van der Waals surface area contributed by atoms with Crippen LogP contribution in [0.3, 0.4) is 0 Å². The Labute approximate surface area is 107 Å². The van der Waals surface area contributed by atoms with Gasteiger partial charge < -0.3 is 4.74 Å². The molecule has 1 N–H and O–H groups in total. The second kappa shape index (κ2) is 7.45. The molecule has 1 unspecified atom stereocenters. The summed E-state index contributed by atoms with van der Waals surface area (Å²) in [4.78, 5) is 13.0. The number of thiophene rings is 1. The smallest absolute Gasteiger partial charge is 0.323 e. The number of hydrogen-bond acceptors (Lipinski definition) is 4. The first kappa shape index (κ1) is 14.2.